The molecule has 0 atom stereocenters. The summed E-state index contributed by atoms with van der Waals surface area (Å²) in [6, 6.07) is 2.13. The number of alkyl halides is 3. The number of aromatic nitrogens is 3. The number of carbonyl (C=O) groups excluding carboxylic acids is 1. The van der Waals surface area contributed by atoms with Gasteiger partial charge in [-0.25, -0.2) is 9.67 Å². The number of halogens is 3. The largest absolute Gasteiger partial charge is 0.433 e. The number of rotatable bonds is 3. The van der Waals surface area contributed by atoms with Crippen LogP contribution in [-0.2, 0) is 6.18 Å². The normalized spacial score (nSPS) is 28.0. The molecule has 2 heterocycles. The van der Waals surface area contributed by atoms with E-state index in [9.17, 15) is 18.0 Å². The summed E-state index contributed by atoms with van der Waals surface area (Å²) >= 11 is 0. The maximum absolute atomic E-state index is 12.5. The fourth-order valence-corrected chi connectivity index (χ4v) is 3.58. The Kier molecular flexibility index (Phi) is 2.88. The summed E-state index contributed by atoms with van der Waals surface area (Å²) in [6.07, 6.45) is 1.75. The minimum Gasteiger partial charge on any atom is -0.346 e. The van der Waals surface area contributed by atoms with E-state index in [1.54, 1.807) is 0 Å². The van der Waals surface area contributed by atoms with E-state index in [4.69, 9.17) is 5.73 Å². The Balaban J connectivity index is 1.47. The molecule has 3 fully saturated rings. The number of amides is 1. The summed E-state index contributed by atoms with van der Waals surface area (Å²) < 4.78 is 38.9. The molecule has 0 aromatic carbocycles. The third kappa shape index (κ3) is 2.35. The Hall–Kier alpha value is -2.42. The zero-order chi connectivity index (χ0) is 17.2. The predicted octanol–water partition coefficient (Wildman–Crippen LogP) is 1.65. The van der Waals surface area contributed by atoms with Crippen molar-refractivity contribution in [2.75, 3.05) is 0 Å². The molecule has 0 aliphatic heterocycles. The Morgan fingerprint density at radius 2 is 1.96 bits per heavy atom. The Morgan fingerprint density at radius 1 is 1.25 bits per heavy atom. The van der Waals surface area contributed by atoms with Crippen molar-refractivity contribution < 1.29 is 18.0 Å². The summed E-state index contributed by atoms with van der Waals surface area (Å²) in [4.78, 5) is 15.6. The monoisotopic (exact) mass is 337 g/mol. The minimum absolute atomic E-state index is 0.108. The van der Waals surface area contributed by atoms with Crippen molar-refractivity contribution in [1.82, 2.24) is 20.1 Å². The van der Waals surface area contributed by atoms with E-state index in [1.807, 2.05) is 0 Å². The van der Waals surface area contributed by atoms with Crippen LogP contribution in [-0.4, -0.2) is 31.7 Å². The SMILES string of the molecule is NC12CC(NC(=O)c3cnn(-c4ccc(C(F)(F)F)nc4)c3)(C1)C2. The van der Waals surface area contributed by atoms with Gasteiger partial charge in [-0.2, -0.15) is 18.3 Å². The van der Waals surface area contributed by atoms with Gasteiger partial charge in [-0.15, -0.1) is 0 Å². The molecule has 3 aliphatic carbocycles. The number of nitrogens with one attached hydrogen (secondary N) is 1. The fraction of sp³-hybridized carbons (Fsp3) is 0.400. The predicted molar refractivity (Wildman–Crippen MR) is 77.3 cm³/mol. The van der Waals surface area contributed by atoms with E-state index in [-0.39, 0.29) is 17.0 Å². The number of hydrogen-bond acceptors (Lipinski definition) is 4. The van der Waals surface area contributed by atoms with Crippen molar-refractivity contribution in [2.45, 2.75) is 36.5 Å². The fourth-order valence-electron chi connectivity index (χ4n) is 3.58. The molecule has 126 valence electrons. The molecule has 6 nitrogen and oxygen atoms in total. The summed E-state index contributed by atoms with van der Waals surface area (Å²) in [5.74, 6) is -0.261. The van der Waals surface area contributed by atoms with E-state index < -0.39 is 11.9 Å². The van der Waals surface area contributed by atoms with Crippen LogP contribution in [0.4, 0.5) is 13.2 Å². The van der Waals surface area contributed by atoms with Gasteiger partial charge in [0.25, 0.3) is 5.91 Å². The number of hydrogen-bond donors (Lipinski definition) is 2. The first-order valence-electron chi connectivity index (χ1n) is 7.38. The lowest BCUT2D eigenvalue weighted by Gasteiger charge is -2.68. The maximum Gasteiger partial charge on any atom is 0.433 e. The smallest absolute Gasteiger partial charge is 0.346 e. The molecule has 1 amide bonds. The molecule has 0 unspecified atom stereocenters. The van der Waals surface area contributed by atoms with Gasteiger partial charge in [-0.3, -0.25) is 4.79 Å². The van der Waals surface area contributed by atoms with Gasteiger partial charge >= 0.3 is 6.18 Å². The first-order valence-corrected chi connectivity index (χ1v) is 7.38. The molecule has 9 heteroatoms. The van der Waals surface area contributed by atoms with E-state index >= 15 is 0 Å². The van der Waals surface area contributed by atoms with Crippen LogP contribution in [0.3, 0.4) is 0 Å². The first kappa shape index (κ1) is 15.1. The van der Waals surface area contributed by atoms with Crippen LogP contribution in [0.2, 0.25) is 0 Å². The van der Waals surface area contributed by atoms with Gasteiger partial charge in [0.2, 0.25) is 0 Å². The molecule has 24 heavy (non-hydrogen) atoms. The average molecular weight is 337 g/mol. The molecule has 3 aliphatic rings. The van der Waals surface area contributed by atoms with Crippen molar-refractivity contribution in [1.29, 1.82) is 0 Å². The lowest BCUT2D eigenvalue weighted by atomic mass is 9.44. The summed E-state index contributed by atoms with van der Waals surface area (Å²) in [5, 5.41) is 6.97. The molecule has 3 saturated carbocycles. The van der Waals surface area contributed by atoms with Crippen LogP contribution in [0.1, 0.15) is 35.3 Å². The third-order valence-corrected chi connectivity index (χ3v) is 4.60. The zero-order valence-electron chi connectivity index (χ0n) is 12.5. The van der Waals surface area contributed by atoms with Crippen LogP contribution < -0.4 is 11.1 Å². The van der Waals surface area contributed by atoms with Crippen molar-refractivity contribution in [3.63, 3.8) is 0 Å². The molecular formula is C15H14F3N5O. The van der Waals surface area contributed by atoms with Crippen LogP contribution in [0.25, 0.3) is 5.69 Å². The lowest BCUT2D eigenvalue weighted by molar-refractivity contribution is -0.141. The van der Waals surface area contributed by atoms with Crippen molar-refractivity contribution in [2.24, 2.45) is 5.73 Å². The lowest BCUT2D eigenvalue weighted by Crippen LogP contribution is -2.82. The van der Waals surface area contributed by atoms with E-state index in [0.717, 1.165) is 31.5 Å². The van der Waals surface area contributed by atoms with Gasteiger partial charge in [0.1, 0.15) is 5.69 Å². The molecule has 2 aromatic rings. The second-order valence-corrected chi connectivity index (χ2v) is 6.70. The maximum atomic E-state index is 12.5. The average Bonchev–Trinajstić information content (AvgIpc) is 2.93. The number of nitrogens with two attached hydrogens (primary N) is 1. The molecule has 2 aromatic heterocycles. The van der Waals surface area contributed by atoms with Gasteiger partial charge in [0, 0.05) is 17.3 Å². The van der Waals surface area contributed by atoms with Crippen LogP contribution in [0, 0.1) is 0 Å². The standard InChI is InChI=1S/C15H14F3N5O/c16-15(17,18)11-2-1-10(4-20-11)23-5-9(3-21-23)12(24)22-14-6-13(19,7-14)8-14/h1-5H,6-8,19H2,(H,22,24). The van der Waals surface area contributed by atoms with E-state index in [2.05, 4.69) is 15.4 Å². The van der Waals surface area contributed by atoms with Crippen LogP contribution >= 0.6 is 0 Å². The molecule has 0 spiro atoms. The van der Waals surface area contributed by atoms with Crippen LogP contribution in [0.15, 0.2) is 30.7 Å². The zero-order valence-corrected chi connectivity index (χ0v) is 12.5. The summed E-state index contributed by atoms with van der Waals surface area (Å²) in [7, 11) is 0. The minimum atomic E-state index is -4.49. The molecule has 3 N–H and O–H groups in total. The second kappa shape index (κ2) is 4.56. The van der Waals surface area contributed by atoms with Gasteiger partial charge in [0.15, 0.2) is 0 Å². The third-order valence-electron chi connectivity index (χ3n) is 4.60. The molecule has 0 saturated heterocycles. The Bertz CT molecular complexity index is 791. The van der Waals surface area contributed by atoms with Crippen LogP contribution in [0.5, 0.6) is 0 Å². The van der Waals surface area contributed by atoms with Crippen molar-refractivity contribution in [3.05, 3.63) is 42.0 Å². The highest BCUT2D eigenvalue weighted by molar-refractivity contribution is 5.94. The highest BCUT2D eigenvalue weighted by atomic mass is 19.4. The Labute approximate surface area is 134 Å². The molecule has 5 rings (SSSR count). The molecular weight excluding hydrogens is 323 g/mol. The van der Waals surface area contributed by atoms with Gasteiger partial charge in [0.05, 0.1) is 23.6 Å². The molecule has 0 radical (unpaired) electrons. The second-order valence-electron chi connectivity index (χ2n) is 6.70. The van der Waals surface area contributed by atoms with E-state index in [0.29, 0.717) is 11.3 Å². The number of pyridine rings is 1. The topological polar surface area (TPSA) is 85.8 Å². The van der Waals surface area contributed by atoms with Crippen molar-refractivity contribution in [3.8, 4) is 5.69 Å². The van der Waals surface area contributed by atoms with E-state index in [1.165, 1.54) is 23.1 Å². The van der Waals surface area contributed by atoms with Gasteiger partial charge < -0.3 is 11.1 Å². The Morgan fingerprint density at radius 3 is 2.50 bits per heavy atom. The van der Waals surface area contributed by atoms with Gasteiger partial charge in [-0.1, -0.05) is 0 Å². The highest BCUT2D eigenvalue weighted by Crippen LogP contribution is 2.58. The summed E-state index contributed by atoms with van der Waals surface area (Å²) in [6.45, 7) is 0. The molecule has 2 bridgehead atoms. The summed E-state index contributed by atoms with van der Waals surface area (Å²) in [5.41, 5.74) is 5.36. The van der Waals surface area contributed by atoms with Crippen molar-refractivity contribution >= 4 is 5.91 Å². The number of nitrogens with zero attached hydrogens (tertiary/aromatic N) is 3. The van der Waals surface area contributed by atoms with Gasteiger partial charge in [-0.05, 0) is 31.4 Å². The number of carbonyl (C=O) groups is 1. The quantitative estimate of drug-likeness (QED) is 0.892. The first-order chi connectivity index (χ1) is 11.2. The highest BCUT2D eigenvalue weighted by Gasteiger charge is 2.66.